The molecule has 0 spiro atoms. The second kappa shape index (κ2) is 13.8. The van der Waals surface area contributed by atoms with E-state index >= 15 is 0 Å². The van der Waals surface area contributed by atoms with Gasteiger partial charge in [0.2, 0.25) is 11.8 Å². The van der Waals surface area contributed by atoms with Crippen molar-refractivity contribution in [3.8, 4) is 0 Å². The van der Waals surface area contributed by atoms with Gasteiger partial charge in [-0.05, 0) is 44.4 Å². The molecule has 0 unspecified atom stereocenters. The molecule has 0 aromatic heterocycles. The van der Waals surface area contributed by atoms with E-state index in [-0.39, 0.29) is 35.7 Å². The van der Waals surface area contributed by atoms with Gasteiger partial charge in [0.25, 0.3) is 0 Å². The number of nitrogens with one attached hydrogen (secondary N) is 2. The summed E-state index contributed by atoms with van der Waals surface area (Å²) < 4.78 is 6.10. The Morgan fingerprint density at radius 1 is 0.967 bits per heavy atom. The fourth-order valence-corrected chi connectivity index (χ4v) is 4.53. The van der Waals surface area contributed by atoms with Crippen LogP contribution in [0.25, 0.3) is 0 Å². The lowest BCUT2D eigenvalue weighted by Crippen LogP contribution is -2.39. The quantitative estimate of drug-likeness (QED) is 0.232. The van der Waals surface area contributed by atoms with Gasteiger partial charge in [0, 0.05) is 38.3 Å². The van der Waals surface area contributed by atoms with Crippen LogP contribution in [0.15, 0.2) is 12.2 Å². The maximum atomic E-state index is 12.2. The number of carbonyl (C=O) groups is 3. The van der Waals surface area contributed by atoms with Crippen molar-refractivity contribution in [2.24, 2.45) is 11.8 Å². The van der Waals surface area contributed by atoms with Crippen molar-refractivity contribution in [1.29, 1.82) is 0 Å². The molecular weight excluding hydrogens is 404 g/mol. The van der Waals surface area contributed by atoms with Crippen molar-refractivity contribution in [2.75, 3.05) is 19.0 Å². The van der Waals surface area contributed by atoms with Crippen LogP contribution in [0.3, 0.4) is 0 Å². The summed E-state index contributed by atoms with van der Waals surface area (Å²) in [7, 11) is 0. The molecule has 0 aliphatic carbocycles. The molecule has 4 atom stereocenters. The van der Waals surface area contributed by atoms with Crippen LogP contribution in [0.1, 0.15) is 71.1 Å². The van der Waals surface area contributed by atoms with Crippen LogP contribution < -0.4 is 10.6 Å². The fourth-order valence-electron chi connectivity index (χ4n) is 4.40. The van der Waals surface area contributed by atoms with Gasteiger partial charge in [-0.15, -0.1) is 11.6 Å². The number of amides is 2. The molecule has 2 bridgehead atoms. The van der Waals surface area contributed by atoms with Crippen LogP contribution in [-0.2, 0) is 19.1 Å². The van der Waals surface area contributed by atoms with Crippen LogP contribution in [0.4, 0.5) is 0 Å². The lowest BCUT2D eigenvalue weighted by molar-refractivity contribution is -0.122. The smallest absolute Gasteiger partial charge is 0.221 e. The normalized spacial score (nSPS) is 25.0. The number of unbranched alkanes of at least 4 members (excludes halogenated alkanes) is 2. The molecule has 2 amide bonds. The summed E-state index contributed by atoms with van der Waals surface area (Å²) >= 11 is 5.51. The van der Waals surface area contributed by atoms with Crippen molar-refractivity contribution >= 4 is 29.2 Å². The average Bonchev–Trinajstić information content (AvgIpc) is 3.34. The highest BCUT2D eigenvalue weighted by Gasteiger charge is 2.47. The maximum absolute atomic E-state index is 12.2. The van der Waals surface area contributed by atoms with Crippen molar-refractivity contribution in [3.05, 3.63) is 12.2 Å². The third kappa shape index (κ3) is 8.38. The highest BCUT2D eigenvalue weighted by molar-refractivity contribution is 6.27. The third-order valence-corrected chi connectivity index (χ3v) is 6.41. The van der Waals surface area contributed by atoms with Crippen LogP contribution in [0.2, 0.25) is 0 Å². The molecule has 2 heterocycles. The number of hydrogen-bond acceptors (Lipinski definition) is 4. The van der Waals surface area contributed by atoms with E-state index in [1.807, 2.05) is 0 Å². The molecule has 30 heavy (non-hydrogen) atoms. The molecule has 2 fully saturated rings. The van der Waals surface area contributed by atoms with Gasteiger partial charge in [-0.1, -0.05) is 25.5 Å². The minimum Gasteiger partial charge on any atom is -0.374 e. The van der Waals surface area contributed by atoms with E-state index in [4.69, 9.17) is 16.3 Å². The summed E-state index contributed by atoms with van der Waals surface area (Å²) in [6, 6.07) is 0. The first kappa shape index (κ1) is 24.9. The zero-order valence-electron chi connectivity index (χ0n) is 18.2. The van der Waals surface area contributed by atoms with Gasteiger partial charge < -0.3 is 15.4 Å². The summed E-state index contributed by atoms with van der Waals surface area (Å²) in [6.45, 7) is 3.07. The molecule has 0 radical (unpaired) electrons. The monoisotopic (exact) mass is 440 g/mol. The number of allylic oxidation sites excluding steroid dienone is 2. The van der Waals surface area contributed by atoms with Crippen molar-refractivity contribution in [3.63, 3.8) is 0 Å². The molecule has 170 valence electrons. The second-order valence-electron chi connectivity index (χ2n) is 8.40. The van der Waals surface area contributed by atoms with Crippen molar-refractivity contribution in [1.82, 2.24) is 10.6 Å². The maximum Gasteiger partial charge on any atom is 0.221 e. The zero-order chi connectivity index (χ0) is 21.8. The first-order valence-corrected chi connectivity index (χ1v) is 12.0. The lowest BCUT2D eigenvalue weighted by atomic mass is 9.77. The number of rotatable bonds is 15. The Balaban J connectivity index is 1.66. The Morgan fingerprint density at radius 3 is 2.43 bits per heavy atom. The average molecular weight is 441 g/mol. The van der Waals surface area contributed by atoms with E-state index in [9.17, 15) is 14.4 Å². The number of carbonyl (C=O) groups excluding carboxylic acids is 3. The Hall–Kier alpha value is -1.40. The van der Waals surface area contributed by atoms with Crippen LogP contribution in [0, 0.1) is 11.8 Å². The number of hydrogen-bond donors (Lipinski definition) is 2. The second-order valence-corrected chi connectivity index (χ2v) is 8.66. The van der Waals surface area contributed by atoms with Crippen molar-refractivity contribution in [2.45, 2.75) is 83.3 Å². The van der Waals surface area contributed by atoms with Gasteiger partial charge in [0.05, 0.1) is 18.1 Å². The predicted molar refractivity (Wildman–Crippen MR) is 118 cm³/mol. The van der Waals surface area contributed by atoms with Gasteiger partial charge in [-0.2, -0.15) is 0 Å². The third-order valence-electron chi connectivity index (χ3n) is 6.11. The molecular formula is C23H37ClN2O4. The predicted octanol–water partition coefficient (Wildman–Crippen LogP) is 3.52. The molecule has 2 rings (SSSR count). The number of ketones is 1. The van der Waals surface area contributed by atoms with E-state index in [1.54, 1.807) is 0 Å². The molecule has 0 aromatic rings. The fraction of sp³-hybridized carbons (Fsp3) is 0.783. The minimum atomic E-state index is -0.0215. The number of Topliss-reactive ketones (excluding diaryl/α,β-unsaturated/α-hetero) is 1. The largest absolute Gasteiger partial charge is 0.374 e. The first-order valence-electron chi connectivity index (χ1n) is 11.5. The first-order chi connectivity index (χ1) is 14.5. The van der Waals surface area contributed by atoms with Gasteiger partial charge in [-0.25, -0.2) is 0 Å². The van der Waals surface area contributed by atoms with Gasteiger partial charge in [0.1, 0.15) is 5.78 Å². The summed E-state index contributed by atoms with van der Waals surface area (Å²) in [4.78, 5) is 35.0. The highest BCUT2D eigenvalue weighted by Crippen LogP contribution is 2.44. The van der Waals surface area contributed by atoms with Crippen molar-refractivity contribution < 1.29 is 19.1 Å². The molecule has 0 aromatic carbocycles. The Kier molecular flexibility index (Phi) is 11.4. The van der Waals surface area contributed by atoms with Gasteiger partial charge >= 0.3 is 0 Å². The van der Waals surface area contributed by atoms with E-state index in [1.165, 1.54) is 0 Å². The highest BCUT2D eigenvalue weighted by atomic mass is 35.5. The molecule has 2 aliphatic heterocycles. The number of alkyl halides is 1. The van der Waals surface area contributed by atoms with E-state index in [0.29, 0.717) is 44.2 Å². The van der Waals surface area contributed by atoms with E-state index < -0.39 is 0 Å². The van der Waals surface area contributed by atoms with Gasteiger partial charge in [0.15, 0.2) is 0 Å². The summed E-state index contributed by atoms with van der Waals surface area (Å²) in [5.41, 5.74) is 0. The standard InChI is InChI=1S/C23H37ClN2O4/c1-2-3-10-22(28)25-14-13-23(29)26-16-19-18(20-11-12-21(19)30-20)9-7-5-4-6-8-17(27)15-24/h5,7,18-21H,2-4,6,8-16H2,1H3,(H,25,28)(H,26,29)/t18-,19+,20-,21+/m1/s1. The lowest BCUT2D eigenvalue weighted by Gasteiger charge is -2.27. The van der Waals surface area contributed by atoms with E-state index in [0.717, 1.165) is 44.9 Å². The molecule has 2 saturated heterocycles. The summed E-state index contributed by atoms with van der Waals surface area (Å²) in [5, 5.41) is 5.85. The SMILES string of the molecule is CCCCC(=O)NCCC(=O)NC[C@H]1[C@@H](CC=CCCCC(=O)CCl)[C@H]2CC[C@@H]1O2. The topological polar surface area (TPSA) is 84.5 Å². The molecule has 6 nitrogen and oxygen atoms in total. The zero-order valence-corrected chi connectivity index (χ0v) is 18.9. The Bertz CT molecular complexity index is 596. The molecule has 7 heteroatoms. The summed E-state index contributed by atoms with van der Waals surface area (Å²) in [6.07, 6.45) is 12.9. The molecule has 0 saturated carbocycles. The number of halogens is 1. The summed E-state index contributed by atoms with van der Waals surface area (Å²) in [5.74, 6) is 0.970. The van der Waals surface area contributed by atoms with Crippen LogP contribution in [0.5, 0.6) is 0 Å². The van der Waals surface area contributed by atoms with Crippen LogP contribution >= 0.6 is 11.6 Å². The van der Waals surface area contributed by atoms with Crippen LogP contribution in [-0.4, -0.2) is 48.8 Å². The van der Waals surface area contributed by atoms with E-state index in [2.05, 4.69) is 29.7 Å². The Labute approximate surface area is 185 Å². The number of ether oxygens (including phenoxy) is 1. The van der Waals surface area contributed by atoms with Gasteiger partial charge in [-0.3, -0.25) is 14.4 Å². The number of fused-ring (bicyclic) bond motifs is 2. The molecule has 2 N–H and O–H groups in total. The Morgan fingerprint density at radius 2 is 1.70 bits per heavy atom. The molecule has 2 aliphatic rings. The minimum absolute atomic E-state index is 0.0185.